The predicted octanol–water partition coefficient (Wildman–Crippen LogP) is 1.92. The van der Waals surface area contributed by atoms with Crippen LogP contribution in [0.2, 0.25) is 0 Å². The molecule has 134 valence electrons. The Morgan fingerprint density at radius 2 is 1.64 bits per heavy atom. The second-order valence-electron chi connectivity index (χ2n) is 7.31. The molecule has 6 heteroatoms. The van der Waals surface area contributed by atoms with Crippen molar-refractivity contribution in [3.63, 3.8) is 0 Å². The van der Waals surface area contributed by atoms with Gasteiger partial charge < -0.3 is 10.6 Å². The van der Waals surface area contributed by atoms with Gasteiger partial charge in [-0.2, -0.15) is 0 Å². The molecule has 1 aliphatic heterocycles. The Labute approximate surface area is 148 Å². The Morgan fingerprint density at radius 1 is 1.08 bits per heavy atom. The Balaban J connectivity index is 2.07. The highest BCUT2D eigenvalue weighted by Crippen LogP contribution is 2.32. The number of nitrogens with zero attached hydrogens (tertiary/aromatic N) is 1. The van der Waals surface area contributed by atoms with Crippen LogP contribution in [0.1, 0.15) is 50.5 Å². The van der Waals surface area contributed by atoms with Crippen LogP contribution in [0, 0.1) is 0 Å². The second kappa shape index (κ2) is 6.70. The molecular formula is C19H25N3O3. The minimum Gasteiger partial charge on any atom is -0.350 e. The zero-order valence-electron chi connectivity index (χ0n) is 15.3. The molecular weight excluding hydrogens is 318 g/mol. The molecule has 2 atom stereocenters. The molecule has 0 unspecified atom stereocenters. The Kier molecular flexibility index (Phi) is 5.02. The van der Waals surface area contributed by atoms with Crippen LogP contribution in [0.4, 0.5) is 0 Å². The van der Waals surface area contributed by atoms with Crippen molar-refractivity contribution in [1.82, 2.24) is 15.5 Å². The van der Waals surface area contributed by atoms with E-state index in [0.717, 1.165) is 5.56 Å². The second-order valence-corrected chi connectivity index (χ2v) is 7.31. The van der Waals surface area contributed by atoms with Crippen LogP contribution in [-0.2, 0) is 9.59 Å². The highest BCUT2D eigenvalue weighted by molar-refractivity contribution is 6.11. The smallest absolute Gasteiger partial charge is 0.259 e. The van der Waals surface area contributed by atoms with E-state index in [4.69, 9.17) is 0 Å². The van der Waals surface area contributed by atoms with Crippen LogP contribution in [0.15, 0.2) is 30.8 Å². The van der Waals surface area contributed by atoms with Crippen LogP contribution >= 0.6 is 0 Å². The molecule has 1 aromatic carbocycles. The normalized spacial score (nSPS) is 16.3. The summed E-state index contributed by atoms with van der Waals surface area (Å²) in [6.45, 7) is 12.8. The van der Waals surface area contributed by atoms with Gasteiger partial charge in [-0.15, -0.1) is 0 Å². The SMILES string of the molecule is C=C1c2ccccc2C(=O)N1[C@@H](C)C(=O)N[C@@H](C)C(=O)NC(C)(C)C. The Hall–Kier alpha value is -2.63. The minimum absolute atomic E-state index is 0.255. The van der Waals surface area contributed by atoms with Crippen LogP contribution in [0.25, 0.3) is 5.70 Å². The fourth-order valence-corrected chi connectivity index (χ4v) is 2.71. The van der Waals surface area contributed by atoms with E-state index in [1.165, 1.54) is 4.90 Å². The van der Waals surface area contributed by atoms with E-state index >= 15 is 0 Å². The highest BCUT2D eigenvalue weighted by atomic mass is 16.2. The molecule has 0 aromatic heterocycles. The summed E-state index contributed by atoms with van der Waals surface area (Å²) in [5.41, 5.74) is 1.37. The van der Waals surface area contributed by atoms with Crippen molar-refractivity contribution in [3.05, 3.63) is 42.0 Å². The van der Waals surface area contributed by atoms with Gasteiger partial charge in [-0.3, -0.25) is 19.3 Å². The molecule has 3 amide bonds. The molecule has 0 saturated heterocycles. The summed E-state index contributed by atoms with van der Waals surface area (Å²) in [5, 5.41) is 5.47. The van der Waals surface area contributed by atoms with Crippen molar-refractivity contribution in [2.45, 2.75) is 52.2 Å². The lowest BCUT2D eigenvalue weighted by Crippen LogP contribution is -2.54. The van der Waals surface area contributed by atoms with Crippen molar-refractivity contribution < 1.29 is 14.4 Å². The summed E-state index contributed by atoms with van der Waals surface area (Å²) >= 11 is 0. The van der Waals surface area contributed by atoms with Crippen LogP contribution in [0.5, 0.6) is 0 Å². The summed E-state index contributed by atoms with van der Waals surface area (Å²) in [6.07, 6.45) is 0. The van der Waals surface area contributed by atoms with Crippen molar-refractivity contribution in [2.75, 3.05) is 0 Å². The zero-order chi connectivity index (χ0) is 18.9. The van der Waals surface area contributed by atoms with Gasteiger partial charge in [0.15, 0.2) is 0 Å². The van der Waals surface area contributed by atoms with Crippen LogP contribution < -0.4 is 10.6 Å². The minimum atomic E-state index is -0.766. The van der Waals surface area contributed by atoms with E-state index in [1.54, 1.807) is 32.0 Å². The first-order valence-electron chi connectivity index (χ1n) is 8.27. The molecule has 0 aliphatic carbocycles. The summed E-state index contributed by atoms with van der Waals surface area (Å²) in [5.74, 6) is -0.933. The number of nitrogens with one attached hydrogen (secondary N) is 2. The first-order chi connectivity index (χ1) is 11.5. The lowest BCUT2D eigenvalue weighted by Gasteiger charge is -2.27. The van der Waals surface area contributed by atoms with Gasteiger partial charge in [0.25, 0.3) is 5.91 Å². The first kappa shape index (κ1) is 18.7. The average molecular weight is 343 g/mol. The number of rotatable bonds is 4. The molecule has 1 aliphatic rings. The maximum atomic E-state index is 12.6. The van der Waals surface area contributed by atoms with E-state index in [9.17, 15) is 14.4 Å². The van der Waals surface area contributed by atoms with E-state index in [-0.39, 0.29) is 17.4 Å². The number of amides is 3. The molecule has 0 radical (unpaired) electrons. The number of fused-ring (bicyclic) bond motifs is 1. The summed E-state index contributed by atoms with van der Waals surface area (Å²) in [7, 11) is 0. The van der Waals surface area contributed by atoms with Crippen molar-refractivity contribution in [2.24, 2.45) is 0 Å². The number of benzene rings is 1. The molecule has 0 saturated carbocycles. The average Bonchev–Trinajstić information content (AvgIpc) is 2.77. The lowest BCUT2D eigenvalue weighted by molar-refractivity contribution is -0.131. The number of hydrogen-bond donors (Lipinski definition) is 2. The topological polar surface area (TPSA) is 78.5 Å². The highest BCUT2D eigenvalue weighted by Gasteiger charge is 2.37. The molecule has 1 heterocycles. The Bertz CT molecular complexity index is 699. The standard InChI is InChI=1S/C19H25N3O3/c1-11(16(23)21-19(4,5)6)20-17(24)13(3)22-12(2)14-9-7-8-10-15(14)18(22)25/h7-11,13H,2H2,1,3-6H3,(H,20,24)(H,21,23)/t11-,13-/m0/s1. The van der Waals surface area contributed by atoms with E-state index in [2.05, 4.69) is 17.2 Å². The van der Waals surface area contributed by atoms with Crippen molar-refractivity contribution in [1.29, 1.82) is 0 Å². The molecule has 0 spiro atoms. The maximum absolute atomic E-state index is 12.6. The Morgan fingerprint density at radius 3 is 2.16 bits per heavy atom. The van der Waals surface area contributed by atoms with E-state index in [0.29, 0.717) is 11.3 Å². The quantitative estimate of drug-likeness (QED) is 0.877. The van der Waals surface area contributed by atoms with Crippen molar-refractivity contribution in [3.8, 4) is 0 Å². The molecule has 25 heavy (non-hydrogen) atoms. The van der Waals surface area contributed by atoms with Crippen LogP contribution in [0.3, 0.4) is 0 Å². The molecule has 1 aromatic rings. The third kappa shape index (κ3) is 3.90. The number of carbonyl (C=O) groups excluding carboxylic acids is 3. The van der Waals surface area contributed by atoms with Gasteiger partial charge in [0, 0.05) is 22.4 Å². The third-order valence-electron chi connectivity index (χ3n) is 3.99. The van der Waals surface area contributed by atoms with E-state index < -0.39 is 18.0 Å². The fraction of sp³-hybridized carbons (Fsp3) is 0.421. The summed E-state index contributed by atoms with van der Waals surface area (Å²) < 4.78 is 0. The van der Waals surface area contributed by atoms with Gasteiger partial charge in [-0.1, -0.05) is 24.8 Å². The van der Waals surface area contributed by atoms with Gasteiger partial charge in [-0.25, -0.2) is 0 Å². The van der Waals surface area contributed by atoms with Gasteiger partial charge in [0.05, 0.1) is 0 Å². The molecule has 0 fully saturated rings. The predicted molar refractivity (Wildman–Crippen MR) is 96.6 cm³/mol. The van der Waals surface area contributed by atoms with Gasteiger partial charge in [-0.05, 0) is 40.7 Å². The molecule has 2 rings (SSSR count). The molecule has 2 N–H and O–H groups in total. The van der Waals surface area contributed by atoms with Gasteiger partial charge in [0.1, 0.15) is 12.1 Å². The summed E-state index contributed by atoms with van der Waals surface area (Å²) in [4.78, 5) is 38.6. The number of hydrogen-bond acceptors (Lipinski definition) is 3. The van der Waals surface area contributed by atoms with Crippen LogP contribution in [-0.4, -0.2) is 40.2 Å². The van der Waals surface area contributed by atoms with E-state index in [1.807, 2.05) is 26.8 Å². The monoisotopic (exact) mass is 343 g/mol. The largest absolute Gasteiger partial charge is 0.350 e. The van der Waals surface area contributed by atoms with Gasteiger partial charge >= 0.3 is 0 Å². The van der Waals surface area contributed by atoms with Crippen molar-refractivity contribution >= 4 is 23.4 Å². The summed E-state index contributed by atoms with van der Waals surface area (Å²) in [6, 6.07) is 5.65. The fourth-order valence-electron chi connectivity index (χ4n) is 2.71. The molecule has 0 bridgehead atoms. The molecule has 6 nitrogen and oxygen atoms in total. The zero-order valence-corrected chi connectivity index (χ0v) is 15.3. The number of carbonyl (C=O) groups is 3. The first-order valence-corrected chi connectivity index (χ1v) is 8.27. The third-order valence-corrected chi connectivity index (χ3v) is 3.99. The lowest BCUT2D eigenvalue weighted by atomic mass is 10.1. The maximum Gasteiger partial charge on any atom is 0.259 e. The van der Waals surface area contributed by atoms with Gasteiger partial charge in [0.2, 0.25) is 11.8 Å².